The van der Waals surface area contributed by atoms with Crippen molar-refractivity contribution in [1.82, 2.24) is 0 Å². The Morgan fingerprint density at radius 3 is 3.00 bits per heavy atom. The van der Waals surface area contributed by atoms with E-state index in [0.717, 1.165) is 12.1 Å². The maximum Gasteiger partial charge on any atom is 0.0644 e. The molecule has 1 rings (SSSR count). The second-order valence-corrected chi connectivity index (χ2v) is 1.64. The Balaban J connectivity index is 2.52. The van der Waals surface area contributed by atoms with E-state index in [4.69, 9.17) is 11.6 Å². The van der Waals surface area contributed by atoms with Crippen molar-refractivity contribution in [3.8, 4) is 0 Å². The van der Waals surface area contributed by atoms with E-state index in [9.17, 15) is 0 Å². The van der Waals surface area contributed by atoms with Gasteiger partial charge < -0.3 is 0 Å². The quantitative estimate of drug-likeness (QED) is 0.460. The van der Waals surface area contributed by atoms with Gasteiger partial charge in [-0.15, -0.1) is 11.6 Å². The molecule has 1 aliphatic heterocycles. The Kier molecular flexibility index (Phi) is 1.47. The van der Waals surface area contributed by atoms with Crippen LogP contribution in [0.25, 0.3) is 0 Å². The summed E-state index contributed by atoms with van der Waals surface area (Å²) in [6.07, 6.45) is 4.84. The maximum absolute atomic E-state index is 5.43. The van der Waals surface area contributed by atoms with Crippen LogP contribution >= 0.6 is 11.6 Å². The standard InChI is InChI=1S/C5H6ClN/c6-4-5-2-1-3-7-5/h2-3H,1,4H2. The first kappa shape index (κ1) is 4.85. The van der Waals surface area contributed by atoms with Gasteiger partial charge in [-0.2, -0.15) is 0 Å². The molecule has 0 aromatic heterocycles. The van der Waals surface area contributed by atoms with Crippen molar-refractivity contribution in [3.05, 3.63) is 11.8 Å². The number of hydrogen-bond acceptors (Lipinski definition) is 1. The Bertz CT molecular complexity index is 115. The van der Waals surface area contributed by atoms with Gasteiger partial charge in [0.15, 0.2) is 0 Å². The van der Waals surface area contributed by atoms with Crippen molar-refractivity contribution >= 4 is 17.8 Å². The van der Waals surface area contributed by atoms with Gasteiger partial charge in [-0.1, -0.05) is 6.08 Å². The number of alkyl halides is 1. The van der Waals surface area contributed by atoms with E-state index in [1.807, 2.05) is 12.3 Å². The second kappa shape index (κ2) is 2.12. The van der Waals surface area contributed by atoms with Gasteiger partial charge in [0.05, 0.1) is 11.6 Å². The molecular weight excluding hydrogens is 110 g/mol. The third kappa shape index (κ3) is 1.03. The first-order chi connectivity index (χ1) is 3.43. The molecule has 0 fully saturated rings. The first-order valence-corrected chi connectivity index (χ1v) is 2.74. The molecular formula is C5H6ClN. The summed E-state index contributed by atoms with van der Waals surface area (Å²) >= 11 is 5.43. The highest BCUT2D eigenvalue weighted by atomic mass is 35.5. The molecule has 2 heteroatoms. The molecule has 0 spiro atoms. The Morgan fingerprint density at radius 2 is 2.71 bits per heavy atom. The lowest BCUT2D eigenvalue weighted by molar-refractivity contribution is 1.35. The summed E-state index contributed by atoms with van der Waals surface area (Å²) in [4.78, 5) is 3.96. The van der Waals surface area contributed by atoms with Gasteiger partial charge in [-0.05, 0) is 0 Å². The van der Waals surface area contributed by atoms with Crippen molar-refractivity contribution in [2.75, 3.05) is 5.88 Å². The van der Waals surface area contributed by atoms with Crippen molar-refractivity contribution in [2.24, 2.45) is 4.99 Å². The predicted octanol–water partition coefficient (Wildman–Crippen LogP) is 1.58. The summed E-state index contributed by atoms with van der Waals surface area (Å²) in [7, 11) is 0. The molecule has 0 atom stereocenters. The fourth-order valence-electron chi connectivity index (χ4n) is 0.500. The van der Waals surface area contributed by atoms with Gasteiger partial charge >= 0.3 is 0 Å². The zero-order chi connectivity index (χ0) is 5.11. The minimum absolute atomic E-state index is 0.552. The van der Waals surface area contributed by atoms with Crippen molar-refractivity contribution < 1.29 is 0 Å². The molecule has 7 heavy (non-hydrogen) atoms. The third-order valence-corrected chi connectivity index (χ3v) is 1.13. The van der Waals surface area contributed by atoms with E-state index in [1.54, 1.807) is 0 Å². The van der Waals surface area contributed by atoms with E-state index in [1.165, 1.54) is 0 Å². The number of allylic oxidation sites excluding steroid dienone is 2. The molecule has 0 aromatic rings. The Morgan fingerprint density at radius 1 is 1.86 bits per heavy atom. The van der Waals surface area contributed by atoms with Crippen LogP contribution in [0.4, 0.5) is 0 Å². The summed E-state index contributed by atoms with van der Waals surface area (Å²) in [6, 6.07) is 0. The van der Waals surface area contributed by atoms with Crippen LogP contribution in [0, 0.1) is 0 Å². The summed E-state index contributed by atoms with van der Waals surface area (Å²) < 4.78 is 0. The van der Waals surface area contributed by atoms with Crippen LogP contribution in [0.5, 0.6) is 0 Å². The second-order valence-electron chi connectivity index (χ2n) is 1.38. The molecule has 0 N–H and O–H groups in total. The van der Waals surface area contributed by atoms with Crippen LogP contribution in [0.2, 0.25) is 0 Å². The predicted molar refractivity (Wildman–Crippen MR) is 31.9 cm³/mol. The SMILES string of the molecule is ClCC1=CCC=N1. The maximum atomic E-state index is 5.43. The summed E-state index contributed by atoms with van der Waals surface area (Å²) in [5.41, 5.74) is 1.00. The van der Waals surface area contributed by atoms with Crippen LogP contribution in [-0.4, -0.2) is 12.1 Å². The van der Waals surface area contributed by atoms with Gasteiger partial charge in [-0.25, -0.2) is 0 Å². The molecule has 0 amide bonds. The molecule has 0 radical (unpaired) electrons. The first-order valence-electron chi connectivity index (χ1n) is 2.21. The number of rotatable bonds is 1. The Labute approximate surface area is 47.7 Å². The smallest absolute Gasteiger partial charge is 0.0644 e. The lowest BCUT2D eigenvalue weighted by atomic mass is 10.4. The molecule has 1 heterocycles. The van der Waals surface area contributed by atoms with Crippen molar-refractivity contribution in [3.63, 3.8) is 0 Å². The van der Waals surface area contributed by atoms with Crippen molar-refractivity contribution in [2.45, 2.75) is 6.42 Å². The lowest BCUT2D eigenvalue weighted by Gasteiger charge is -1.81. The minimum Gasteiger partial charge on any atom is -0.264 e. The molecule has 0 unspecified atom stereocenters. The topological polar surface area (TPSA) is 12.4 Å². The normalized spacial score (nSPS) is 17.6. The molecule has 38 valence electrons. The monoisotopic (exact) mass is 115 g/mol. The average Bonchev–Trinajstić information content (AvgIpc) is 2.14. The molecule has 0 aromatic carbocycles. The van der Waals surface area contributed by atoms with E-state index < -0.39 is 0 Å². The van der Waals surface area contributed by atoms with E-state index in [2.05, 4.69) is 4.99 Å². The van der Waals surface area contributed by atoms with Crippen LogP contribution in [0.3, 0.4) is 0 Å². The van der Waals surface area contributed by atoms with Gasteiger partial charge in [0.2, 0.25) is 0 Å². The third-order valence-electron chi connectivity index (χ3n) is 0.853. The summed E-state index contributed by atoms with van der Waals surface area (Å²) in [5, 5.41) is 0. The average molecular weight is 116 g/mol. The van der Waals surface area contributed by atoms with Gasteiger partial charge in [0.1, 0.15) is 0 Å². The number of hydrogen-bond donors (Lipinski definition) is 0. The summed E-state index contributed by atoms with van der Waals surface area (Å²) in [5.74, 6) is 0.552. The van der Waals surface area contributed by atoms with E-state index in [0.29, 0.717) is 5.88 Å². The molecule has 1 nitrogen and oxygen atoms in total. The van der Waals surface area contributed by atoms with Crippen molar-refractivity contribution in [1.29, 1.82) is 0 Å². The van der Waals surface area contributed by atoms with Crippen LogP contribution in [0.15, 0.2) is 16.8 Å². The van der Waals surface area contributed by atoms with Crippen LogP contribution < -0.4 is 0 Å². The van der Waals surface area contributed by atoms with E-state index >= 15 is 0 Å². The van der Waals surface area contributed by atoms with Crippen LogP contribution in [-0.2, 0) is 0 Å². The largest absolute Gasteiger partial charge is 0.264 e. The van der Waals surface area contributed by atoms with Gasteiger partial charge in [-0.3, -0.25) is 4.99 Å². The minimum atomic E-state index is 0.552. The lowest BCUT2D eigenvalue weighted by Crippen LogP contribution is -1.70. The number of aliphatic imine (C=N–C) groups is 1. The summed E-state index contributed by atoms with van der Waals surface area (Å²) in [6.45, 7) is 0. The fraction of sp³-hybridized carbons (Fsp3) is 0.400. The fourth-order valence-corrected chi connectivity index (χ4v) is 0.679. The molecule has 0 saturated carbocycles. The highest BCUT2D eigenvalue weighted by Gasteiger charge is 1.93. The zero-order valence-corrected chi connectivity index (χ0v) is 4.65. The van der Waals surface area contributed by atoms with Crippen LogP contribution in [0.1, 0.15) is 6.42 Å². The number of halogens is 1. The van der Waals surface area contributed by atoms with E-state index in [-0.39, 0.29) is 0 Å². The zero-order valence-electron chi connectivity index (χ0n) is 3.89. The molecule has 1 aliphatic rings. The highest BCUT2D eigenvalue weighted by molar-refractivity contribution is 6.19. The van der Waals surface area contributed by atoms with Gasteiger partial charge in [0, 0.05) is 12.6 Å². The number of nitrogens with zero attached hydrogens (tertiary/aromatic N) is 1. The Hall–Kier alpha value is -0.300. The molecule has 0 aliphatic carbocycles. The molecule has 0 bridgehead atoms. The highest BCUT2D eigenvalue weighted by Crippen LogP contribution is 2.05. The van der Waals surface area contributed by atoms with Gasteiger partial charge in [0.25, 0.3) is 0 Å². The molecule has 0 saturated heterocycles.